The number of hydrogen-bond acceptors (Lipinski definition) is 20. The van der Waals surface area contributed by atoms with Crippen molar-refractivity contribution in [2.75, 3.05) is 104 Å². The van der Waals surface area contributed by atoms with Crippen molar-refractivity contribution in [1.82, 2.24) is 9.80 Å². The van der Waals surface area contributed by atoms with E-state index in [0.29, 0.717) is 99.6 Å². The third-order valence-electron chi connectivity index (χ3n) is 24.5. The van der Waals surface area contributed by atoms with Gasteiger partial charge in [0, 0.05) is 87.5 Å². The lowest BCUT2D eigenvalue weighted by Gasteiger charge is -2.48. The lowest BCUT2D eigenvalue weighted by molar-refractivity contribution is -0.175. The van der Waals surface area contributed by atoms with E-state index in [9.17, 15) is 39.0 Å². The van der Waals surface area contributed by atoms with Crippen LogP contribution < -0.4 is 19.3 Å². The second kappa shape index (κ2) is 35.6. The maximum absolute atomic E-state index is 13.3. The summed E-state index contributed by atoms with van der Waals surface area (Å²) in [5.41, 5.74) is -0.935. The van der Waals surface area contributed by atoms with Crippen LogP contribution in [0.3, 0.4) is 0 Å². The highest BCUT2D eigenvalue weighted by Gasteiger charge is 2.51. The molecule has 2 spiro atoms. The van der Waals surface area contributed by atoms with E-state index in [0.717, 1.165) is 137 Å². The number of hydrogen-bond donors (Lipinski definition) is 2. The normalized spacial score (nSPS) is 25.8. The zero-order valence-corrected chi connectivity index (χ0v) is 71.8. The Labute approximate surface area is 685 Å². The number of aliphatic hydroxyl groups is 2. The van der Waals surface area contributed by atoms with Crippen molar-refractivity contribution in [1.29, 1.82) is 0 Å². The molecule has 4 heterocycles. The monoisotopic (exact) mass is 1620 g/mol. The molecular weight excluding hydrogens is 1500 g/mol. The number of anilines is 2. The number of methoxy groups -OCH3 is 2. The first-order valence-corrected chi connectivity index (χ1v) is 42.1. The molecule has 114 heavy (non-hydrogen) atoms. The fourth-order valence-electron chi connectivity index (χ4n) is 18.6. The summed E-state index contributed by atoms with van der Waals surface area (Å²) in [6, 6.07) is 22.9. The first-order chi connectivity index (χ1) is 53.6. The highest BCUT2D eigenvalue weighted by molar-refractivity contribution is 6.31. The van der Waals surface area contributed by atoms with Crippen molar-refractivity contribution in [3.63, 3.8) is 0 Å². The van der Waals surface area contributed by atoms with E-state index < -0.39 is 70.3 Å². The topological polar surface area (TPSA) is 248 Å². The molecule has 4 fully saturated rings. The van der Waals surface area contributed by atoms with Gasteiger partial charge in [0.25, 0.3) is 0 Å². The Morgan fingerprint density at radius 2 is 0.886 bits per heavy atom. The van der Waals surface area contributed by atoms with E-state index in [1.54, 1.807) is 102 Å². The van der Waals surface area contributed by atoms with Gasteiger partial charge in [-0.3, -0.25) is 9.59 Å². The van der Waals surface area contributed by atoms with Crippen molar-refractivity contribution in [3.05, 3.63) is 116 Å². The average molecular weight is 1620 g/mol. The molecule has 4 aliphatic carbocycles. The third-order valence-corrected chi connectivity index (χ3v) is 25.0. The summed E-state index contributed by atoms with van der Waals surface area (Å²) < 4.78 is 58.8. The van der Waals surface area contributed by atoms with Crippen LogP contribution in [-0.2, 0) is 91.9 Å². The van der Waals surface area contributed by atoms with Crippen LogP contribution in [0, 0.1) is 35.5 Å². The van der Waals surface area contributed by atoms with Gasteiger partial charge in [0.1, 0.15) is 33.9 Å². The van der Waals surface area contributed by atoms with Gasteiger partial charge in [-0.2, -0.15) is 0 Å². The summed E-state index contributed by atoms with van der Waals surface area (Å²) in [5.74, 6) is 0.273. The lowest BCUT2D eigenvalue weighted by atomic mass is 9.67. The largest absolute Gasteiger partial charge is 0.490 e. The molecule has 22 nitrogen and oxygen atoms in total. The van der Waals surface area contributed by atoms with Crippen LogP contribution in [0.2, 0.25) is 10.0 Å². The van der Waals surface area contributed by atoms with Crippen LogP contribution in [0.15, 0.2) is 72.8 Å². The molecule has 2 N–H and O–H groups in total. The van der Waals surface area contributed by atoms with E-state index in [-0.39, 0.29) is 46.4 Å². The molecule has 2 amide bonds. The van der Waals surface area contributed by atoms with Crippen molar-refractivity contribution in [2.24, 2.45) is 35.5 Å². The predicted octanol–water partition coefficient (Wildman–Crippen LogP) is 16.0. The Morgan fingerprint density at radius 3 is 1.23 bits per heavy atom. The van der Waals surface area contributed by atoms with Crippen LogP contribution in [0.1, 0.15) is 219 Å². The first-order valence-electron chi connectivity index (χ1n) is 41.4. The average Bonchev–Trinajstić information content (AvgIpc) is 1.52. The molecule has 4 aromatic carbocycles. The SMILES string of the molecule is COC(=O)[C@@](O)(CC(=O)OC(C)(C)C)c1ccc2c(c1)N(C[C@@H]1CC[C@H]1[C@@H]1C[C@H](CCN(C)C(=O)OC(C)(C)C)CCO1)C[C@@]1(CCCc3cc(Cl)ccc31)CO2.COC(=O)[C@](O)(CC(=O)OC(C)(C)C)c1ccc2c(c1)N(C[C@@H]1CC[C@H]1[C@@H]1C[C@H](CCN(C)C(=O)OC(C)(C)C)CCO1)C[C@@]1(CCCc3cc(Cl)ccc31)CO2. The number of amides is 2. The standard InChI is InChI=1S/2C45H63ClN2O9/c2*1-42(2,3)56-39(49)25-45(52,40(50)53-8)32-12-16-37-36(24-32)48(27-44(28-55-37)19-9-10-30-23-33(46)13-15-35(30)44)26-31-11-14-34(31)38-22-29(18-21-54-38)17-20-47(7)41(51)57-43(4,5)6/h2*12-13,15-16,23-24,29,31,34,38,52H,9-11,14,17-22,25-28H2,1-8H3/t29-,31+,34-,38+,44+,45+;29-,31+,34-,38+,44+,45-/m11/s1. The maximum atomic E-state index is 13.3. The van der Waals surface area contributed by atoms with Crippen LogP contribution in [0.25, 0.3) is 0 Å². The van der Waals surface area contributed by atoms with Crippen LogP contribution in [0.4, 0.5) is 21.0 Å². The number of carbonyl (C=O) groups is 6. The fourth-order valence-corrected chi connectivity index (χ4v) is 19.0. The molecule has 12 atom stereocenters. The van der Waals surface area contributed by atoms with Crippen molar-refractivity contribution >= 4 is 70.6 Å². The van der Waals surface area contributed by atoms with E-state index >= 15 is 0 Å². The van der Waals surface area contributed by atoms with Crippen LogP contribution >= 0.6 is 23.2 Å². The smallest absolute Gasteiger partial charge is 0.410 e. The molecule has 24 heteroatoms. The summed E-state index contributed by atoms with van der Waals surface area (Å²) in [6.07, 6.45) is 14.0. The minimum absolute atomic E-state index is 0.119. The van der Waals surface area contributed by atoms with Gasteiger partial charge < -0.3 is 77.2 Å². The third kappa shape index (κ3) is 21.2. The molecule has 8 aliphatic rings. The van der Waals surface area contributed by atoms with Gasteiger partial charge in [-0.15, -0.1) is 0 Å². The highest BCUT2D eigenvalue weighted by Crippen LogP contribution is 2.52. The number of ether oxygens (including phenoxy) is 10. The maximum Gasteiger partial charge on any atom is 0.410 e. The van der Waals surface area contributed by atoms with Crippen molar-refractivity contribution in [3.8, 4) is 11.5 Å². The first kappa shape index (κ1) is 87.7. The molecule has 4 aromatic rings. The molecule has 0 bridgehead atoms. The van der Waals surface area contributed by atoms with Gasteiger partial charge in [-0.1, -0.05) is 47.5 Å². The minimum Gasteiger partial charge on any atom is -0.490 e. The number of carbonyl (C=O) groups excluding carboxylic acids is 6. The molecule has 4 aliphatic heterocycles. The quantitative estimate of drug-likeness (QED) is 0.0616. The molecule has 0 aromatic heterocycles. The van der Waals surface area contributed by atoms with E-state index in [2.05, 4.69) is 34.1 Å². The lowest BCUT2D eigenvalue weighted by Crippen LogP contribution is -2.50. The van der Waals surface area contributed by atoms with Crippen molar-refractivity contribution < 1.29 is 86.3 Å². The number of aryl methyl sites for hydroxylation is 2. The van der Waals surface area contributed by atoms with Crippen LogP contribution in [0.5, 0.6) is 11.5 Å². The minimum atomic E-state index is -2.28. The number of rotatable bonds is 20. The van der Waals surface area contributed by atoms with Gasteiger partial charge in [-0.25, -0.2) is 19.2 Å². The van der Waals surface area contributed by atoms with Crippen molar-refractivity contribution in [2.45, 2.75) is 255 Å². The second-order valence-corrected chi connectivity index (χ2v) is 38.7. The Balaban J connectivity index is 0.000000225. The summed E-state index contributed by atoms with van der Waals surface area (Å²) in [5, 5.41) is 25.5. The summed E-state index contributed by atoms with van der Waals surface area (Å²) >= 11 is 13.0. The second-order valence-electron chi connectivity index (χ2n) is 37.8. The summed E-state index contributed by atoms with van der Waals surface area (Å²) in [6.45, 7) is 28.1. The van der Waals surface area contributed by atoms with E-state index in [1.807, 2.05) is 53.7 Å². The Kier molecular flexibility index (Phi) is 27.4. The molecule has 12 rings (SSSR count). The number of fused-ring (bicyclic) bond motifs is 6. The molecule has 0 radical (unpaired) electrons. The zero-order valence-electron chi connectivity index (χ0n) is 70.3. The highest BCUT2D eigenvalue weighted by atomic mass is 35.5. The number of halogens is 2. The van der Waals surface area contributed by atoms with Gasteiger partial charge >= 0.3 is 36.1 Å². The van der Waals surface area contributed by atoms with Gasteiger partial charge in [0.15, 0.2) is 11.2 Å². The number of esters is 4. The van der Waals surface area contributed by atoms with Gasteiger partial charge in [0.05, 0.1) is 63.9 Å². The number of benzene rings is 4. The molecule has 628 valence electrons. The Morgan fingerprint density at radius 1 is 0.509 bits per heavy atom. The molecular formula is C90H126Cl2N4O18. The van der Waals surface area contributed by atoms with Gasteiger partial charge in [-0.05, 0) is 303 Å². The Hall–Kier alpha value is -7.08. The zero-order chi connectivity index (χ0) is 82.7. The Bertz CT molecular complexity index is 3830. The molecule has 2 saturated carbocycles. The van der Waals surface area contributed by atoms with Gasteiger partial charge in [0.2, 0.25) is 0 Å². The van der Waals surface area contributed by atoms with E-state index in [4.69, 9.17) is 70.6 Å². The fraction of sp³-hybridized carbons (Fsp3) is 0.667. The number of nitrogens with zero attached hydrogens (tertiary/aromatic N) is 4. The summed E-state index contributed by atoms with van der Waals surface area (Å²) in [7, 11) is 6.00. The molecule has 0 unspecified atom stereocenters. The van der Waals surface area contributed by atoms with Crippen LogP contribution in [-0.4, -0.2) is 185 Å². The predicted molar refractivity (Wildman–Crippen MR) is 438 cm³/mol. The van der Waals surface area contributed by atoms with E-state index in [1.165, 1.54) is 36.5 Å². The molecule has 2 saturated heterocycles. The summed E-state index contributed by atoms with van der Waals surface area (Å²) in [4.78, 5) is 86.2.